The first-order valence-electron chi connectivity index (χ1n) is 5.87. The summed E-state index contributed by atoms with van der Waals surface area (Å²) in [5, 5.41) is 0. The molecule has 1 amide bonds. The molecule has 0 aliphatic carbocycles. The summed E-state index contributed by atoms with van der Waals surface area (Å²) in [5.74, 6) is -0.605. The van der Waals surface area contributed by atoms with Crippen LogP contribution in [0.15, 0.2) is 16.5 Å². The summed E-state index contributed by atoms with van der Waals surface area (Å²) in [6.07, 6.45) is -4.44. The second-order valence-corrected chi connectivity index (χ2v) is 4.66. The second-order valence-electron chi connectivity index (χ2n) is 4.66. The zero-order chi connectivity index (χ0) is 14.6. The Bertz CT molecular complexity index is 427. The van der Waals surface area contributed by atoms with Gasteiger partial charge in [0.15, 0.2) is 5.76 Å². The van der Waals surface area contributed by atoms with Crippen LogP contribution in [0, 0.1) is 5.92 Å². The number of nitrogens with zero attached hydrogens (tertiary/aromatic N) is 1. The van der Waals surface area contributed by atoms with Gasteiger partial charge in [-0.25, -0.2) is 0 Å². The topological polar surface area (TPSA) is 59.5 Å². The number of alkyl halides is 3. The third-order valence-electron chi connectivity index (χ3n) is 2.32. The molecule has 1 heterocycles. The van der Waals surface area contributed by atoms with Gasteiger partial charge in [-0.05, 0) is 18.1 Å². The summed E-state index contributed by atoms with van der Waals surface area (Å²) in [6, 6.07) is 2.82. The van der Waals surface area contributed by atoms with Crippen molar-refractivity contribution in [2.75, 3.05) is 13.1 Å². The Morgan fingerprint density at radius 1 is 1.42 bits per heavy atom. The van der Waals surface area contributed by atoms with Crippen molar-refractivity contribution in [3.63, 3.8) is 0 Å². The van der Waals surface area contributed by atoms with E-state index in [9.17, 15) is 18.0 Å². The van der Waals surface area contributed by atoms with E-state index >= 15 is 0 Å². The lowest BCUT2D eigenvalue weighted by Gasteiger charge is -2.24. The summed E-state index contributed by atoms with van der Waals surface area (Å²) >= 11 is 0. The van der Waals surface area contributed by atoms with Gasteiger partial charge in [0, 0.05) is 6.54 Å². The van der Waals surface area contributed by atoms with Crippen molar-refractivity contribution < 1.29 is 22.4 Å². The summed E-state index contributed by atoms with van der Waals surface area (Å²) in [7, 11) is 0. The van der Waals surface area contributed by atoms with Crippen molar-refractivity contribution in [3.8, 4) is 0 Å². The van der Waals surface area contributed by atoms with Crippen molar-refractivity contribution in [1.29, 1.82) is 0 Å². The molecule has 1 aromatic heterocycles. The number of carbonyl (C=O) groups excluding carboxylic acids is 1. The lowest BCUT2D eigenvalue weighted by atomic mass is 10.2. The zero-order valence-corrected chi connectivity index (χ0v) is 10.8. The van der Waals surface area contributed by atoms with Crippen molar-refractivity contribution in [2.24, 2.45) is 11.7 Å². The monoisotopic (exact) mass is 278 g/mol. The van der Waals surface area contributed by atoms with Crippen LogP contribution in [0.1, 0.15) is 30.2 Å². The van der Waals surface area contributed by atoms with E-state index in [0.29, 0.717) is 5.76 Å². The van der Waals surface area contributed by atoms with Crippen LogP contribution in [0.2, 0.25) is 0 Å². The molecule has 1 rings (SSSR count). The van der Waals surface area contributed by atoms with Crippen LogP contribution < -0.4 is 5.73 Å². The maximum absolute atomic E-state index is 12.5. The largest absolute Gasteiger partial charge is 0.455 e. The molecule has 0 aliphatic rings. The molecule has 19 heavy (non-hydrogen) atoms. The highest BCUT2D eigenvalue weighted by atomic mass is 19.4. The zero-order valence-electron chi connectivity index (χ0n) is 10.8. The first kappa shape index (κ1) is 15.6. The fourth-order valence-electron chi connectivity index (χ4n) is 1.63. The molecule has 108 valence electrons. The quantitative estimate of drug-likeness (QED) is 0.899. The Morgan fingerprint density at radius 2 is 2.05 bits per heavy atom. The molecule has 7 heteroatoms. The van der Waals surface area contributed by atoms with Gasteiger partial charge in [-0.15, -0.1) is 0 Å². The highest BCUT2D eigenvalue weighted by Gasteiger charge is 2.34. The van der Waals surface area contributed by atoms with Gasteiger partial charge in [0.05, 0.1) is 6.54 Å². The highest BCUT2D eigenvalue weighted by Crippen LogP contribution is 2.20. The Morgan fingerprint density at radius 3 is 2.47 bits per heavy atom. The Hall–Kier alpha value is -1.50. The Labute approximate surface area is 109 Å². The van der Waals surface area contributed by atoms with Gasteiger partial charge < -0.3 is 15.1 Å². The SMILES string of the molecule is CC(C)CN(CC(F)(F)F)C(=O)c1ccc(CN)o1. The van der Waals surface area contributed by atoms with E-state index < -0.39 is 18.6 Å². The number of hydrogen-bond acceptors (Lipinski definition) is 3. The third-order valence-corrected chi connectivity index (χ3v) is 2.32. The minimum absolute atomic E-state index is 0.0109. The van der Waals surface area contributed by atoms with Crippen LogP contribution in [-0.4, -0.2) is 30.1 Å². The predicted molar refractivity (Wildman–Crippen MR) is 63.4 cm³/mol. The molecule has 0 atom stereocenters. The van der Waals surface area contributed by atoms with Crippen LogP contribution in [0.5, 0.6) is 0 Å². The Kier molecular flexibility index (Phi) is 4.99. The van der Waals surface area contributed by atoms with Gasteiger partial charge in [0.25, 0.3) is 5.91 Å². The molecule has 0 bridgehead atoms. The first-order valence-corrected chi connectivity index (χ1v) is 5.87. The predicted octanol–water partition coefficient (Wildman–Crippen LogP) is 2.40. The van der Waals surface area contributed by atoms with E-state index in [4.69, 9.17) is 10.2 Å². The molecule has 4 nitrogen and oxygen atoms in total. The average Bonchev–Trinajstić information content (AvgIpc) is 2.73. The molecular formula is C12H17F3N2O2. The number of rotatable bonds is 5. The van der Waals surface area contributed by atoms with E-state index in [1.807, 2.05) is 0 Å². The van der Waals surface area contributed by atoms with Gasteiger partial charge in [-0.3, -0.25) is 4.79 Å². The maximum Gasteiger partial charge on any atom is 0.406 e. The van der Waals surface area contributed by atoms with E-state index in [0.717, 1.165) is 4.90 Å². The van der Waals surface area contributed by atoms with Crippen LogP contribution in [0.3, 0.4) is 0 Å². The van der Waals surface area contributed by atoms with Gasteiger partial charge in [0.2, 0.25) is 0 Å². The van der Waals surface area contributed by atoms with Crippen LogP contribution in [0.4, 0.5) is 13.2 Å². The third kappa shape index (κ3) is 4.94. The number of halogens is 3. The van der Waals surface area contributed by atoms with Crippen LogP contribution in [-0.2, 0) is 6.54 Å². The molecule has 0 fully saturated rings. The van der Waals surface area contributed by atoms with E-state index in [1.165, 1.54) is 12.1 Å². The molecule has 1 aromatic rings. The molecule has 0 saturated heterocycles. The van der Waals surface area contributed by atoms with Crippen molar-refractivity contribution in [1.82, 2.24) is 4.90 Å². The van der Waals surface area contributed by atoms with Gasteiger partial charge in [-0.2, -0.15) is 13.2 Å². The van der Waals surface area contributed by atoms with Gasteiger partial charge in [0.1, 0.15) is 12.3 Å². The van der Waals surface area contributed by atoms with E-state index in [2.05, 4.69) is 0 Å². The van der Waals surface area contributed by atoms with Crippen molar-refractivity contribution in [3.05, 3.63) is 23.7 Å². The fourth-order valence-corrected chi connectivity index (χ4v) is 1.63. The lowest BCUT2D eigenvalue weighted by Crippen LogP contribution is -2.40. The number of furan rings is 1. The van der Waals surface area contributed by atoms with Crippen LogP contribution >= 0.6 is 0 Å². The van der Waals surface area contributed by atoms with Crippen molar-refractivity contribution >= 4 is 5.91 Å². The highest BCUT2D eigenvalue weighted by molar-refractivity contribution is 5.91. The maximum atomic E-state index is 12.5. The smallest absolute Gasteiger partial charge is 0.406 e. The molecule has 0 saturated carbocycles. The summed E-state index contributed by atoms with van der Waals surface area (Å²) in [4.78, 5) is 12.7. The number of carbonyl (C=O) groups is 1. The fraction of sp³-hybridized carbons (Fsp3) is 0.583. The van der Waals surface area contributed by atoms with Crippen molar-refractivity contribution in [2.45, 2.75) is 26.6 Å². The molecule has 0 radical (unpaired) electrons. The van der Waals surface area contributed by atoms with Gasteiger partial charge in [-0.1, -0.05) is 13.8 Å². The standard InChI is InChI=1S/C12H17F3N2O2/c1-8(2)6-17(7-12(13,14)15)11(18)10-4-3-9(5-16)19-10/h3-4,8H,5-7,16H2,1-2H3. The minimum atomic E-state index is -4.44. The molecule has 2 N–H and O–H groups in total. The lowest BCUT2D eigenvalue weighted by molar-refractivity contribution is -0.141. The molecule has 0 aliphatic heterocycles. The van der Waals surface area contributed by atoms with E-state index in [-0.39, 0.29) is 24.8 Å². The number of hydrogen-bond donors (Lipinski definition) is 1. The second kappa shape index (κ2) is 6.10. The molecular weight excluding hydrogens is 261 g/mol. The average molecular weight is 278 g/mol. The molecule has 0 aromatic carbocycles. The summed E-state index contributed by atoms with van der Waals surface area (Å²) in [5.41, 5.74) is 5.32. The van der Waals surface area contributed by atoms with Gasteiger partial charge >= 0.3 is 6.18 Å². The normalized spacial score (nSPS) is 11.9. The van der Waals surface area contributed by atoms with E-state index in [1.54, 1.807) is 13.8 Å². The number of amides is 1. The summed E-state index contributed by atoms with van der Waals surface area (Å²) in [6.45, 7) is 2.30. The number of nitrogens with two attached hydrogens (primary N) is 1. The minimum Gasteiger partial charge on any atom is -0.455 e. The Balaban J connectivity index is 2.87. The summed E-state index contributed by atoms with van der Waals surface area (Å²) < 4.78 is 42.5. The van der Waals surface area contributed by atoms with Crippen LogP contribution in [0.25, 0.3) is 0 Å². The molecule has 0 unspecified atom stereocenters. The molecule has 0 spiro atoms. The first-order chi connectivity index (χ1) is 8.73.